The van der Waals surface area contributed by atoms with Crippen LogP contribution in [-0.4, -0.2) is 28.1 Å². The molecule has 2 aromatic rings. The minimum absolute atomic E-state index is 0.0821. The Hall–Kier alpha value is -2.89. The van der Waals surface area contributed by atoms with Gasteiger partial charge in [-0.1, -0.05) is 24.3 Å². The Morgan fingerprint density at radius 1 is 1.30 bits per heavy atom. The fraction of sp³-hybridized carbons (Fsp3) is 0.381. The maximum absolute atomic E-state index is 13.7. The van der Waals surface area contributed by atoms with Gasteiger partial charge < -0.3 is 10.2 Å². The molecule has 1 aromatic carbocycles. The highest BCUT2D eigenvalue weighted by Crippen LogP contribution is 2.53. The van der Waals surface area contributed by atoms with Gasteiger partial charge in [0.05, 0.1) is 17.4 Å². The van der Waals surface area contributed by atoms with Crippen molar-refractivity contribution in [3.63, 3.8) is 0 Å². The molecule has 1 N–H and O–H groups in total. The van der Waals surface area contributed by atoms with Crippen molar-refractivity contribution >= 4 is 23.3 Å². The zero-order valence-electron chi connectivity index (χ0n) is 16.2. The molecular formula is C21H24N4O2. The van der Waals surface area contributed by atoms with Crippen molar-refractivity contribution in [3.8, 4) is 0 Å². The summed E-state index contributed by atoms with van der Waals surface area (Å²) in [6, 6.07) is 5.89. The number of carbonyl (C=O) groups is 2. The summed E-state index contributed by atoms with van der Waals surface area (Å²) < 4.78 is 1.79. The van der Waals surface area contributed by atoms with Crippen LogP contribution in [0.25, 0.3) is 0 Å². The third kappa shape index (κ3) is 2.22. The first kappa shape index (κ1) is 17.5. The Morgan fingerprint density at radius 3 is 2.70 bits per heavy atom. The molecule has 1 spiro atoms. The number of benzene rings is 1. The number of carbonyl (C=O) groups excluding carboxylic acids is 2. The predicted molar refractivity (Wildman–Crippen MR) is 105 cm³/mol. The van der Waals surface area contributed by atoms with Crippen molar-refractivity contribution in [2.75, 3.05) is 16.8 Å². The highest BCUT2D eigenvalue weighted by Gasteiger charge is 2.57. The second-order valence-corrected chi connectivity index (χ2v) is 8.30. The molecule has 0 aliphatic carbocycles. The Balaban J connectivity index is 2.04. The number of anilines is 2. The lowest BCUT2D eigenvalue weighted by Gasteiger charge is -2.34. The van der Waals surface area contributed by atoms with Crippen LogP contribution in [0.3, 0.4) is 0 Å². The van der Waals surface area contributed by atoms with E-state index in [9.17, 15) is 9.59 Å². The lowest BCUT2D eigenvalue weighted by atomic mass is 9.71. The van der Waals surface area contributed by atoms with Gasteiger partial charge in [0, 0.05) is 18.5 Å². The van der Waals surface area contributed by atoms with Crippen molar-refractivity contribution in [3.05, 3.63) is 53.7 Å². The fourth-order valence-corrected chi connectivity index (χ4v) is 4.35. The molecule has 4 rings (SSSR count). The number of nitrogens with zero attached hydrogens (tertiary/aromatic N) is 3. The molecule has 2 amide bonds. The van der Waals surface area contributed by atoms with Gasteiger partial charge in [-0.25, -0.2) is 4.68 Å². The Kier molecular flexibility index (Phi) is 3.60. The van der Waals surface area contributed by atoms with Gasteiger partial charge in [0.1, 0.15) is 11.2 Å². The molecule has 140 valence electrons. The van der Waals surface area contributed by atoms with Crippen molar-refractivity contribution in [2.45, 2.75) is 45.1 Å². The summed E-state index contributed by atoms with van der Waals surface area (Å²) in [6.45, 7) is 12.3. The van der Waals surface area contributed by atoms with Crippen LogP contribution >= 0.6 is 0 Å². The Morgan fingerprint density at radius 2 is 2.04 bits per heavy atom. The highest BCUT2D eigenvalue weighted by atomic mass is 16.2. The average molecular weight is 364 g/mol. The summed E-state index contributed by atoms with van der Waals surface area (Å²) in [6.07, 6.45) is 3.54. The summed E-state index contributed by atoms with van der Waals surface area (Å²) in [4.78, 5) is 28.2. The SMILES string of the molecule is C=CCN1C(=O)C2(CC(=O)Nc3c2cnn3C(C)(C)C)c2cccc(C)c21. The van der Waals surface area contributed by atoms with Gasteiger partial charge in [-0.3, -0.25) is 9.59 Å². The number of rotatable bonds is 2. The largest absolute Gasteiger partial charge is 0.311 e. The maximum atomic E-state index is 13.7. The molecule has 2 aliphatic heterocycles. The van der Waals surface area contributed by atoms with E-state index in [2.05, 4.69) is 17.0 Å². The number of amides is 2. The quantitative estimate of drug-likeness (QED) is 0.833. The first-order valence-electron chi connectivity index (χ1n) is 9.13. The molecule has 27 heavy (non-hydrogen) atoms. The summed E-state index contributed by atoms with van der Waals surface area (Å²) >= 11 is 0. The van der Waals surface area contributed by atoms with Crippen LogP contribution in [0.5, 0.6) is 0 Å². The molecule has 6 heteroatoms. The number of para-hydroxylation sites is 1. The molecule has 1 unspecified atom stereocenters. The summed E-state index contributed by atoms with van der Waals surface area (Å²) in [5, 5.41) is 7.48. The number of aromatic nitrogens is 2. The van der Waals surface area contributed by atoms with E-state index in [1.54, 1.807) is 21.9 Å². The standard InChI is InChI=1S/C21H24N4O2/c1-6-10-24-17-13(2)8-7-9-14(17)21(19(24)27)11-16(26)23-18-15(21)12-22-25(18)20(3,4)5/h6-9,12H,1,10-11H2,2-5H3,(H,23,26). The average Bonchev–Trinajstić information content (AvgIpc) is 3.10. The van der Waals surface area contributed by atoms with Gasteiger partial charge in [-0.2, -0.15) is 5.10 Å². The maximum Gasteiger partial charge on any atom is 0.243 e. The minimum atomic E-state index is -1.04. The van der Waals surface area contributed by atoms with Gasteiger partial charge in [0.25, 0.3) is 0 Å². The van der Waals surface area contributed by atoms with Crippen molar-refractivity contribution in [2.24, 2.45) is 0 Å². The van der Waals surface area contributed by atoms with E-state index in [1.807, 2.05) is 45.9 Å². The van der Waals surface area contributed by atoms with E-state index in [4.69, 9.17) is 0 Å². The smallest absolute Gasteiger partial charge is 0.243 e. The molecule has 0 fully saturated rings. The third-order valence-electron chi connectivity index (χ3n) is 5.44. The number of hydrogen-bond acceptors (Lipinski definition) is 3. The molecule has 6 nitrogen and oxygen atoms in total. The normalized spacial score (nSPS) is 21.3. The lowest BCUT2D eigenvalue weighted by Crippen LogP contribution is -2.47. The van der Waals surface area contributed by atoms with Crippen LogP contribution < -0.4 is 10.2 Å². The van der Waals surface area contributed by atoms with Crippen LogP contribution in [0.4, 0.5) is 11.5 Å². The van der Waals surface area contributed by atoms with Gasteiger partial charge in [0.15, 0.2) is 0 Å². The highest BCUT2D eigenvalue weighted by molar-refractivity contribution is 6.16. The van der Waals surface area contributed by atoms with Gasteiger partial charge >= 0.3 is 0 Å². The predicted octanol–water partition coefficient (Wildman–Crippen LogP) is 3.11. The minimum Gasteiger partial charge on any atom is -0.311 e. The lowest BCUT2D eigenvalue weighted by molar-refractivity contribution is -0.126. The molecular weight excluding hydrogens is 340 g/mol. The third-order valence-corrected chi connectivity index (χ3v) is 5.44. The molecule has 0 saturated heterocycles. The molecule has 0 saturated carbocycles. The van der Waals surface area contributed by atoms with Crippen molar-refractivity contribution in [1.29, 1.82) is 0 Å². The second kappa shape index (κ2) is 5.55. The molecule has 2 aliphatic rings. The molecule has 0 bridgehead atoms. The number of nitrogens with one attached hydrogen (secondary N) is 1. The fourth-order valence-electron chi connectivity index (χ4n) is 4.35. The van der Waals surface area contributed by atoms with E-state index in [-0.39, 0.29) is 23.8 Å². The first-order valence-corrected chi connectivity index (χ1v) is 9.13. The second-order valence-electron chi connectivity index (χ2n) is 8.30. The first-order chi connectivity index (χ1) is 12.7. The van der Waals surface area contributed by atoms with Crippen molar-refractivity contribution < 1.29 is 9.59 Å². The summed E-state index contributed by atoms with van der Waals surface area (Å²) in [5.41, 5.74) is 2.17. The Labute approximate surface area is 158 Å². The van der Waals surface area contributed by atoms with Crippen LogP contribution in [0, 0.1) is 6.92 Å². The Bertz CT molecular complexity index is 983. The summed E-state index contributed by atoms with van der Waals surface area (Å²) in [5.74, 6) is 0.353. The van der Waals surface area contributed by atoms with Crippen molar-refractivity contribution in [1.82, 2.24) is 9.78 Å². The number of aryl methyl sites for hydroxylation is 1. The van der Waals surface area contributed by atoms with Gasteiger partial charge in [-0.05, 0) is 38.8 Å². The molecule has 1 aromatic heterocycles. The van der Waals surface area contributed by atoms with E-state index < -0.39 is 5.41 Å². The van der Waals surface area contributed by atoms with Crippen LogP contribution in [-0.2, 0) is 20.5 Å². The van der Waals surface area contributed by atoms with Crippen LogP contribution in [0.15, 0.2) is 37.1 Å². The molecule has 3 heterocycles. The zero-order valence-corrected chi connectivity index (χ0v) is 16.2. The van der Waals surface area contributed by atoms with Gasteiger partial charge in [0.2, 0.25) is 11.8 Å². The topological polar surface area (TPSA) is 67.2 Å². The molecule has 0 radical (unpaired) electrons. The number of hydrogen-bond donors (Lipinski definition) is 1. The van der Waals surface area contributed by atoms with Gasteiger partial charge in [-0.15, -0.1) is 6.58 Å². The summed E-state index contributed by atoms with van der Waals surface area (Å²) in [7, 11) is 0. The van der Waals surface area contributed by atoms with Crippen LogP contribution in [0.1, 0.15) is 43.9 Å². The molecule has 1 atom stereocenters. The zero-order chi connectivity index (χ0) is 19.6. The van der Waals surface area contributed by atoms with E-state index >= 15 is 0 Å². The monoisotopic (exact) mass is 364 g/mol. The number of fused-ring (bicyclic) bond motifs is 4. The van der Waals surface area contributed by atoms with E-state index in [0.717, 1.165) is 22.4 Å². The van der Waals surface area contributed by atoms with E-state index in [0.29, 0.717) is 12.4 Å². The van der Waals surface area contributed by atoms with Crippen LogP contribution in [0.2, 0.25) is 0 Å². The van der Waals surface area contributed by atoms with E-state index in [1.165, 1.54) is 0 Å².